The van der Waals surface area contributed by atoms with Crippen molar-refractivity contribution in [2.75, 3.05) is 18.2 Å². The highest BCUT2D eigenvalue weighted by molar-refractivity contribution is 8.03. The smallest absolute Gasteiger partial charge is 0.418 e. The first-order valence-corrected chi connectivity index (χ1v) is 12.8. The van der Waals surface area contributed by atoms with Gasteiger partial charge in [0, 0.05) is 17.7 Å². The molecule has 0 saturated heterocycles. The van der Waals surface area contributed by atoms with E-state index in [0.29, 0.717) is 34.9 Å². The summed E-state index contributed by atoms with van der Waals surface area (Å²) < 4.78 is 45.2. The number of Topliss-reactive ketones (excluding diaryl/α,β-unsaturated/α-hetero) is 1. The lowest BCUT2D eigenvalue weighted by Gasteiger charge is -2.39. The molecule has 1 aliphatic heterocycles. The molecule has 10 heteroatoms. The Kier molecular flexibility index (Phi) is 7.61. The summed E-state index contributed by atoms with van der Waals surface area (Å²) >= 11 is 1.02. The number of dihydropyridines is 1. The lowest BCUT2D eigenvalue weighted by molar-refractivity contribution is -0.137. The molecule has 2 aromatic rings. The second kappa shape index (κ2) is 10.6. The first-order valence-electron chi connectivity index (χ1n) is 11.8. The molecule has 1 atom stereocenters. The van der Waals surface area contributed by atoms with Gasteiger partial charge in [0.05, 0.1) is 46.7 Å². The number of rotatable bonds is 6. The predicted molar refractivity (Wildman–Crippen MR) is 139 cm³/mol. The number of ketones is 1. The number of benzene rings is 2. The van der Waals surface area contributed by atoms with Crippen molar-refractivity contribution in [3.8, 4) is 11.8 Å². The van der Waals surface area contributed by atoms with E-state index in [2.05, 4.69) is 16.7 Å². The quantitative estimate of drug-likeness (QED) is 0.456. The molecule has 6 nitrogen and oxygen atoms in total. The van der Waals surface area contributed by atoms with Crippen LogP contribution in [-0.4, -0.2) is 24.6 Å². The summed E-state index contributed by atoms with van der Waals surface area (Å²) in [6.07, 6.45) is -3.72. The lowest BCUT2D eigenvalue weighted by atomic mass is 9.69. The molecule has 1 amide bonds. The van der Waals surface area contributed by atoms with Crippen molar-refractivity contribution in [2.24, 2.45) is 5.41 Å². The highest BCUT2D eigenvalue weighted by Gasteiger charge is 2.42. The molecular formula is C28H26F3N3O3S. The molecule has 0 fully saturated rings. The number of alkyl halides is 3. The average Bonchev–Trinajstić information content (AvgIpc) is 2.85. The second-order valence-electron chi connectivity index (χ2n) is 9.90. The third-order valence-electron chi connectivity index (χ3n) is 6.43. The van der Waals surface area contributed by atoms with E-state index in [1.807, 2.05) is 13.8 Å². The van der Waals surface area contributed by atoms with Gasteiger partial charge < -0.3 is 15.4 Å². The molecule has 0 bridgehead atoms. The molecule has 1 unspecified atom stereocenters. The van der Waals surface area contributed by atoms with Gasteiger partial charge in [-0.25, -0.2) is 0 Å². The molecule has 1 heterocycles. The number of methoxy groups -OCH3 is 1. The number of thioether (sulfide) groups is 1. The fourth-order valence-electron chi connectivity index (χ4n) is 4.78. The topological polar surface area (TPSA) is 91.2 Å². The van der Waals surface area contributed by atoms with E-state index in [1.54, 1.807) is 31.4 Å². The highest BCUT2D eigenvalue weighted by Crippen LogP contribution is 2.48. The molecule has 4 rings (SSSR count). The van der Waals surface area contributed by atoms with Gasteiger partial charge in [-0.05, 0) is 41.7 Å². The summed E-state index contributed by atoms with van der Waals surface area (Å²) in [4.78, 5) is 26.0. The van der Waals surface area contributed by atoms with Crippen LogP contribution in [0.5, 0.6) is 5.75 Å². The number of anilines is 1. The van der Waals surface area contributed by atoms with Crippen molar-refractivity contribution in [1.82, 2.24) is 5.32 Å². The van der Waals surface area contributed by atoms with Crippen molar-refractivity contribution in [3.05, 3.63) is 81.5 Å². The molecule has 38 heavy (non-hydrogen) atoms. The third kappa shape index (κ3) is 5.73. The largest absolute Gasteiger partial charge is 0.497 e. The maximum atomic E-state index is 13.3. The van der Waals surface area contributed by atoms with Crippen LogP contribution in [0.2, 0.25) is 0 Å². The Morgan fingerprint density at radius 3 is 2.50 bits per heavy atom. The fraction of sp³-hybridized carbons (Fsp3) is 0.321. The minimum atomic E-state index is -4.62. The van der Waals surface area contributed by atoms with Gasteiger partial charge in [0.25, 0.3) is 0 Å². The van der Waals surface area contributed by atoms with Crippen LogP contribution in [0.1, 0.15) is 43.7 Å². The van der Waals surface area contributed by atoms with Gasteiger partial charge in [0.1, 0.15) is 5.75 Å². The first-order chi connectivity index (χ1) is 17.9. The van der Waals surface area contributed by atoms with E-state index in [1.165, 1.54) is 18.2 Å². The normalized spacial score (nSPS) is 18.9. The van der Waals surface area contributed by atoms with E-state index < -0.39 is 23.6 Å². The fourth-order valence-corrected chi connectivity index (χ4v) is 5.65. The highest BCUT2D eigenvalue weighted by atomic mass is 32.2. The third-order valence-corrected chi connectivity index (χ3v) is 7.45. The van der Waals surface area contributed by atoms with Gasteiger partial charge in [-0.1, -0.05) is 49.9 Å². The van der Waals surface area contributed by atoms with Crippen LogP contribution in [-0.2, 0) is 15.8 Å². The summed E-state index contributed by atoms with van der Waals surface area (Å²) in [6.45, 7) is 3.97. The van der Waals surface area contributed by atoms with Crippen molar-refractivity contribution in [3.63, 3.8) is 0 Å². The zero-order valence-corrected chi connectivity index (χ0v) is 21.8. The summed E-state index contributed by atoms with van der Waals surface area (Å²) in [5.74, 6) is -0.959. The van der Waals surface area contributed by atoms with Crippen molar-refractivity contribution in [1.29, 1.82) is 5.26 Å². The molecule has 0 aromatic heterocycles. The van der Waals surface area contributed by atoms with Crippen LogP contribution >= 0.6 is 11.8 Å². The molecule has 2 N–H and O–H groups in total. The monoisotopic (exact) mass is 541 g/mol. The number of nitrogens with zero attached hydrogens (tertiary/aromatic N) is 1. The van der Waals surface area contributed by atoms with E-state index in [4.69, 9.17) is 4.74 Å². The Hall–Kier alpha value is -3.71. The molecule has 0 radical (unpaired) electrons. The Balaban J connectivity index is 1.64. The number of carbonyl (C=O) groups excluding carboxylic acids is 2. The van der Waals surface area contributed by atoms with Crippen LogP contribution in [0, 0.1) is 16.7 Å². The Morgan fingerprint density at radius 2 is 1.87 bits per heavy atom. The zero-order chi connectivity index (χ0) is 27.7. The minimum Gasteiger partial charge on any atom is -0.497 e. The molecule has 1 aliphatic carbocycles. The van der Waals surface area contributed by atoms with Crippen LogP contribution in [0.4, 0.5) is 18.9 Å². The van der Waals surface area contributed by atoms with Gasteiger partial charge in [0.15, 0.2) is 5.78 Å². The average molecular weight is 542 g/mol. The molecular weight excluding hydrogens is 515 g/mol. The van der Waals surface area contributed by atoms with Crippen LogP contribution in [0.25, 0.3) is 0 Å². The first kappa shape index (κ1) is 27.3. The summed E-state index contributed by atoms with van der Waals surface area (Å²) in [5, 5.41) is 16.1. The number of carbonyl (C=O) groups is 2. The van der Waals surface area contributed by atoms with Crippen molar-refractivity contribution in [2.45, 2.75) is 38.8 Å². The van der Waals surface area contributed by atoms with E-state index in [9.17, 15) is 28.0 Å². The van der Waals surface area contributed by atoms with Gasteiger partial charge in [-0.2, -0.15) is 18.4 Å². The number of para-hydroxylation sites is 1. The number of ether oxygens (including phenoxy) is 1. The number of hydrogen-bond acceptors (Lipinski definition) is 6. The van der Waals surface area contributed by atoms with E-state index >= 15 is 0 Å². The molecule has 2 aliphatic rings. The standard InChI is InChI=1S/C28H26F3N3O3S/c1-27(2)12-21-25(22(35)13-27)24(16-8-10-17(37-3)11-9-16)18(14-32)26(34-21)38-15-23(36)33-20-7-5-4-6-19(20)28(29,30)31/h4-11,24,34H,12-13,15H2,1-3H3,(H,33,36). The SMILES string of the molecule is COc1ccc(C2C(C#N)=C(SCC(=O)Nc3ccccc3C(F)(F)F)NC3=C2C(=O)CC(C)(C)C3)cc1. The Bertz CT molecular complexity index is 1370. The molecule has 2 aromatic carbocycles. The minimum absolute atomic E-state index is 0.0529. The van der Waals surface area contributed by atoms with Crippen LogP contribution in [0.3, 0.4) is 0 Å². The van der Waals surface area contributed by atoms with Crippen molar-refractivity contribution < 1.29 is 27.5 Å². The second-order valence-corrected chi connectivity index (χ2v) is 10.9. The van der Waals surface area contributed by atoms with Crippen LogP contribution < -0.4 is 15.4 Å². The van der Waals surface area contributed by atoms with Crippen LogP contribution in [0.15, 0.2) is 70.4 Å². The number of hydrogen-bond donors (Lipinski definition) is 2. The Morgan fingerprint density at radius 1 is 1.18 bits per heavy atom. The zero-order valence-electron chi connectivity index (χ0n) is 21.0. The molecule has 0 spiro atoms. The van der Waals surface area contributed by atoms with Gasteiger partial charge in [0.2, 0.25) is 5.91 Å². The molecule has 0 saturated carbocycles. The number of halogens is 3. The van der Waals surface area contributed by atoms with E-state index in [-0.39, 0.29) is 28.2 Å². The van der Waals surface area contributed by atoms with Gasteiger partial charge in [-0.15, -0.1) is 0 Å². The Labute approximate surface area is 222 Å². The maximum absolute atomic E-state index is 13.3. The number of nitrogens with one attached hydrogen (secondary N) is 2. The number of amides is 1. The number of allylic oxidation sites excluding steroid dienone is 3. The van der Waals surface area contributed by atoms with E-state index in [0.717, 1.165) is 23.4 Å². The predicted octanol–water partition coefficient (Wildman–Crippen LogP) is 6.15. The lowest BCUT2D eigenvalue weighted by Crippen LogP contribution is -2.37. The molecule has 198 valence electrons. The number of nitriles is 1. The summed E-state index contributed by atoms with van der Waals surface area (Å²) in [7, 11) is 1.54. The van der Waals surface area contributed by atoms with Gasteiger partial charge >= 0.3 is 6.18 Å². The summed E-state index contributed by atoms with van der Waals surface area (Å²) in [6, 6.07) is 14.1. The summed E-state index contributed by atoms with van der Waals surface area (Å²) in [5.41, 5.74) is 0.643. The maximum Gasteiger partial charge on any atom is 0.418 e. The van der Waals surface area contributed by atoms with Gasteiger partial charge in [-0.3, -0.25) is 9.59 Å². The van der Waals surface area contributed by atoms with Crippen molar-refractivity contribution >= 4 is 29.1 Å².